The van der Waals surface area contributed by atoms with Gasteiger partial charge in [0.05, 0.1) is 17.1 Å². The molecule has 1 aliphatic rings. The minimum atomic E-state index is -0.0852. The number of thioether (sulfide) groups is 2. The molecule has 82 valence electrons. The number of hydrogen-bond donors (Lipinski definition) is 0. The van der Waals surface area contributed by atoms with Crippen LogP contribution in [0.1, 0.15) is 26.7 Å². The first-order chi connectivity index (χ1) is 6.57. The van der Waals surface area contributed by atoms with Gasteiger partial charge in [0.2, 0.25) is 0 Å². The molecule has 1 saturated heterocycles. The third-order valence-electron chi connectivity index (χ3n) is 2.38. The summed E-state index contributed by atoms with van der Waals surface area (Å²) in [5, 5.41) is 0. The molecule has 0 N–H and O–H groups in total. The topological polar surface area (TPSA) is 26.3 Å². The third-order valence-corrected chi connectivity index (χ3v) is 5.63. The van der Waals surface area contributed by atoms with Crippen molar-refractivity contribution in [1.82, 2.24) is 0 Å². The Morgan fingerprint density at radius 2 is 2.07 bits per heavy atom. The van der Waals surface area contributed by atoms with Crippen molar-refractivity contribution in [2.75, 3.05) is 18.6 Å². The molecule has 0 amide bonds. The molecule has 0 aromatic heterocycles. The smallest absolute Gasteiger partial charge is 0.308 e. The Kier molecular flexibility index (Phi) is 4.64. The SMILES string of the molecule is COC(=O)[C@@H](C)CC1(C)SCCCS1. The van der Waals surface area contributed by atoms with Gasteiger partial charge in [-0.15, -0.1) is 23.5 Å². The molecule has 2 nitrogen and oxygen atoms in total. The molecule has 1 rings (SSSR count). The van der Waals surface area contributed by atoms with Crippen LogP contribution in [0.2, 0.25) is 0 Å². The highest BCUT2D eigenvalue weighted by atomic mass is 32.2. The molecule has 0 bridgehead atoms. The van der Waals surface area contributed by atoms with E-state index in [1.54, 1.807) is 0 Å². The molecule has 4 heteroatoms. The van der Waals surface area contributed by atoms with E-state index < -0.39 is 0 Å². The van der Waals surface area contributed by atoms with Gasteiger partial charge in [-0.2, -0.15) is 0 Å². The van der Waals surface area contributed by atoms with Crippen LogP contribution in [0.25, 0.3) is 0 Å². The summed E-state index contributed by atoms with van der Waals surface area (Å²) in [5.74, 6) is 2.37. The Bertz CT molecular complexity index is 200. The normalized spacial score (nSPS) is 22.8. The van der Waals surface area contributed by atoms with E-state index >= 15 is 0 Å². The fourth-order valence-corrected chi connectivity index (χ4v) is 4.83. The van der Waals surface area contributed by atoms with Crippen molar-refractivity contribution >= 4 is 29.5 Å². The average Bonchev–Trinajstić information content (AvgIpc) is 2.17. The van der Waals surface area contributed by atoms with Crippen LogP contribution in [0.4, 0.5) is 0 Å². The van der Waals surface area contributed by atoms with E-state index in [0.29, 0.717) is 0 Å². The zero-order chi connectivity index (χ0) is 10.6. The van der Waals surface area contributed by atoms with Gasteiger partial charge in [0.25, 0.3) is 0 Å². The van der Waals surface area contributed by atoms with E-state index in [1.807, 2.05) is 30.4 Å². The first kappa shape index (κ1) is 12.2. The van der Waals surface area contributed by atoms with E-state index in [4.69, 9.17) is 4.74 Å². The summed E-state index contributed by atoms with van der Waals surface area (Å²) in [5.41, 5.74) is 0. The van der Waals surface area contributed by atoms with Gasteiger partial charge in [0.1, 0.15) is 0 Å². The maximum absolute atomic E-state index is 11.3. The van der Waals surface area contributed by atoms with Crippen LogP contribution in [0.15, 0.2) is 0 Å². The number of carbonyl (C=O) groups is 1. The van der Waals surface area contributed by atoms with Gasteiger partial charge < -0.3 is 4.74 Å². The van der Waals surface area contributed by atoms with Crippen molar-refractivity contribution in [1.29, 1.82) is 0 Å². The zero-order valence-electron chi connectivity index (χ0n) is 9.04. The van der Waals surface area contributed by atoms with Gasteiger partial charge in [0, 0.05) is 0 Å². The molecule has 0 radical (unpaired) electrons. The fourth-order valence-electron chi connectivity index (χ4n) is 1.64. The van der Waals surface area contributed by atoms with Gasteiger partial charge in [-0.05, 0) is 31.3 Å². The molecule has 1 atom stereocenters. The Labute approximate surface area is 94.5 Å². The molecule has 0 saturated carbocycles. The lowest BCUT2D eigenvalue weighted by molar-refractivity contribution is -0.145. The summed E-state index contributed by atoms with van der Waals surface area (Å²) < 4.78 is 4.96. The van der Waals surface area contributed by atoms with Crippen LogP contribution in [0, 0.1) is 5.92 Å². The Hall–Kier alpha value is 0.170. The summed E-state index contributed by atoms with van der Waals surface area (Å²) in [6.07, 6.45) is 2.20. The number of hydrogen-bond acceptors (Lipinski definition) is 4. The van der Waals surface area contributed by atoms with Crippen molar-refractivity contribution in [2.24, 2.45) is 5.92 Å². The summed E-state index contributed by atoms with van der Waals surface area (Å²) in [6, 6.07) is 0. The minimum absolute atomic E-state index is 0.0168. The van der Waals surface area contributed by atoms with Crippen LogP contribution < -0.4 is 0 Å². The zero-order valence-corrected chi connectivity index (χ0v) is 10.7. The molecule has 14 heavy (non-hydrogen) atoms. The lowest BCUT2D eigenvalue weighted by Gasteiger charge is -2.33. The van der Waals surface area contributed by atoms with Crippen molar-refractivity contribution in [2.45, 2.75) is 30.8 Å². The van der Waals surface area contributed by atoms with Gasteiger partial charge in [-0.1, -0.05) is 6.92 Å². The number of esters is 1. The number of ether oxygens (including phenoxy) is 1. The first-order valence-electron chi connectivity index (χ1n) is 4.93. The van der Waals surface area contributed by atoms with Crippen molar-refractivity contribution in [3.63, 3.8) is 0 Å². The predicted octanol–water partition coefficient (Wildman–Crippen LogP) is 2.77. The number of carbonyl (C=O) groups excluding carboxylic acids is 1. The Balaban J connectivity index is 2.44. The minimum Gasteiger partial charge on any atom is -0.469 e. The van der Waals surface area contributed by atoms with Crippen molar-refractivity contribution in [3.05, 3.63) is 0 Å². The molecule has 0 spiro atoms. The highest BCUT2D eigenvalue weighted by Gasteiger charge is 2.32. The molecule has 1 aliphatic heterocycles. The molecular weight excluding hydrogens is 216 g/mol. The lowest BCUT2D eigenvalue weighted by atomic mass is 10.1. The molecule has 1 heterocycles. The summed E-state index contributed by atoms with van der Waals surface area (Å²) in [6.45, 7) is 4.19. The summed E-state index contributed by atoms with van der Waals surface area (Å²) in [4.78, 5) is 11.3. The third kappa shape index (κ3) is 3.39. The predicted molar refractivity (Wildman–Crippen MR) is 63.7 cm³/mol. The second-order valence-corrected chi connectivity index (χ2v) is 7.27. The molecular formula is C10H18O2S2. The summed E-state index contributed by atoms with van der Waals surface area (Å²) >= 11 is 3.95. The van der Waals surface area contributed by atoms with Gasteiger partial charge in [-0.25, -0.2) is 0 Å². The lowest BCUT2D eigenvalue weighted by Crippen LogP contribution is -2.27. The van der Waals surface area contributed by atoms with Crippen molar-refractivity contribution < 1.29 is 9.53 Å². The first-order valence-corrected chi connectivity index (χ1v) is 6.90. The molecule has 0 aromatic carbocycles. The second-order valence-electron chi connectivity index (χ2n) is 3.81. The maximum Gasteiger partial charge on any atom is 0.308 e. The Morgan fingerprint density at radius 3 is 2.57 bits per heavy atom. The largest absolute Gasteiger partial charge is 0.469 e. The molecule has 0 aromatic rings. The van der Waals surface area contributed by atoms with E-state index in [0.717, 1.165) is 6.42 Å². The van der Waals surface area contributed by atoms with Gasteiger partial charge >= 0.3 is 5.97 Å². The van der Waals surface area contributed by atoms with Crippen LogP contribution in [-0.4, -0.2) is 28.7 Å². The Morgan fingerprint density at radius 1 is 1.50 bits per heavy atom. The van der Waals surface area contributed by atoms with Gasteiger partial charge in [0.15, 0.2) is 0 Å². The fraction of sp³-hybridized carbons (Fsp3) is 0.900. The maximum atomic E-state index is 11.3. The molecule has 1 fully saturated rings. The van der Waals surface area contributed by atoms with Crippen LogP contribution in [0.5, 0.6) is 0 Å². The van der Waals surface area contributed by atoms with E-state index in [2.05, 4.69) is 6.92 Å². The van der Waals surface area contributed by atoms with E-state index in [9.17, 15) is 4.79 Å². The van der Waals surface area contributed by atoms with Crippen LogP contribution in [-0.2, 0) is 9.53 Å². The number of methoxy groups -OCH3 is 1. The van der Waals surface area contributed by atoms with Gasteiger partial charge in [-0.3, -0.25) is 4.79 Å². The average molecular weight is 234 g/mol. The standard InChI is InChI=1S/C10H18O2S2/c1-8(9(11)12-3)7-10(2)13-5-4-6-14-10/h8H,4-7H2,1-3H3/t8-/m0/s1. The van der Waals surface area contributed by atoms with Crippen LogP contribution in [0.3, 0.4) is 0 Å². The summed E-state index contributed by atoms with van der Waals surface area (Å²) in [7, 11) is 1.46. The highest BCUT2D eigenvalue weighted by Crippen LogP contribution is 2.45. The molecule has 0 aliphatic carbocycles. The highest BCUT2D eigenvalue weighted by molar-refractivity contribution is 8.18. The number of rotatable bonds is 3. The van der Waals surface area contributed by atoms with Crippen molar-refractivity contribution in [3.8, 4) is 0 Å². The molecule has 0 unspecified atom stereocenters. The van der Waals surface area contributed by atoms with Crippen LogP contribution >= 0.6 is 23.5 Å². The monoisotopic (exact) mass is 234 g/mol. The second kappa shape index (κ2) is 5.31. The van der Waals surface area contributed by atoms with E-state index in [1.165, 1.54) is 25.0 Å². The van der Waals surface area contributed by atoms with E-state index in [-0.39, 0.29) is 16.0 Å². The quantitative estimate of drug-likeness (QED) is 0.701.